The average molecular weight is 284 g/mol. The summed E-state index contributed by atoms with van der Waals surface area (Å²) in [6.07, 6.45) is 0. The number of primary amides is 1. The Hall–Kier alpha value is -1.53. The normalized spacial score (nSPS) is 12.3. The summed E-state index contributed by atoms with van der Waals surface area (Å²) in [6.45, 7) is 1.68. The molecular formula is C11H10ClN3O2S. The number of carbonyl (C=O) groups excluding carboxylic acids is 1. The third-order valence-electron chi connectivity index (χ3n) is 2.16. The summed E-state index contributed by atoms with van der Waals surface area (Å²) < 4.78 is 5.42. The van der Waals surface area contributed by atoms with Gasteiger partial charge in [0.05, 0.1) is 5.25 Å². The number of hydrogen-bond donors (Lipinski definition) is 1. The molecule has 1 heterocycles. The third kappa shape index (κ3) is 3.02. The number of benzene rings is 1. The second-order valence-corrected chi connectivity index (χ2v) is 5.27. The summed E-state index contributed by atoms with van der Waals surface area (Å²) in [5, 5.41) is 8.20. The van der Waals surface area contributed by atoms with Crippen molar-refractivity contribution in [2.45, 2.75) is 17.4 Å². The maximum Gasteiger partial charge on any atom is 0.277 e. The van der Waals surface area contributed by atoms with Crippen LogP contribution in [-0.4, -0.2) is 21.4 Å². The number of nitrogens with zero attached hydrogens (tertiary/aromatic N) is 2. The van der Waals surface area contributed by atoms with E-state index in [1.54, 1.807) is 25.1 Å². The fraction of sp³-hybridized carbons (Fsp3) is 0.182. The van der Waals surface area contributed by atoms with Crippen molar-refractivity contribution < 1.29 is 9.21 Å². The molecule has 0 aliphatic carbocycles. The number of thioether (sulfide) groups is 1. The second-order valence-electron chi connectivity index (χ2n) is 3.55. The second kappa shape index (κ2) is 5.41. The summed E-state index contributed by atoms with van der Waals surface area (Å²) in [4.78, 5) is 10.9. The third-order valence-corrected chi connectivity index (χ3v) is 3.34. The molecule has 0 bridgehead atoms. The van der Waals surface area contributed by atoms with Gasteiger partial charge in [0.2, 0.25) is 11.8 Å². The molecule has 18 heavy (non-hydrogen) atoms. The molecule has 0 saturated heterocycles. The molecule has 0 aliphatic heterocycles. The lowest BCUT2D eigenvalue weighted by molar-refractivity contribution is -0.117. The summed E-state index contributed by atoms with van der Waals surface area (Å²) in [5.41, 5.74) is 5.88. The Morgan fingerprint density at radius 3 is 2.94 bits per heavy atom. The topological polar surface area (TPSA) is 82.0 Å². The van der Waals surface area contributed by atoms with Crippen molar-refractivity contribution >= 4 is 29.3 Å². The summed E-state index contributed by atoms with van der Waals surface area (Å²) in [7, 11) is 0. The smallest absolute Gasteiger partial charge is 0.277 e. The highest BCUT2D eigenvalue weighted by molar-refractivity contribution is 8.00. The number of halogens is 1. The van der Waals surface area contributed by atoms with Crippen LogP contribution in [0.15, 0.2) is 33.9 Å². The van der Waals surface area contributed by atoms with Gasteiger partial charge in [0.15, 0.2) is 0 Å². The molecule has 0 aliphatic rings. The molecule has 7 heteroatoms. The van der Waals surface area contributed by atoms with Gasteiger partial charge in [-0.05, 0) is 25.1 Å². The van der Waals surface area contributed by atoms with Gasteiger partial charge in [0, 0.05) is 10.6 Å². The zero-order valence-electron chi connectivity index (χ0n) is 9.46. The van der Waals surface area contributed by atoms with Gasteiger partial charge in [-0.15, -0.1) is 10.2 Å². The molecule has 1 atom stereocenters. The van der Waals surface area contributed by atoms with Crippen LogP contribution in [0.2, 0.25) is 5.02 Å². The largest absolute Gasteiger partial charge is 0.411 e. The average Bonchev–Trinajstić information content (AvgIpc) is 2.77. The molecule has 94 valence electrons. The summed E-state index contributed by atoms with van der Waals surface area (Å²) in [5.74, 6) is -0.0702. The molecule has 1 amide bonds. The quantitative estimate of drug-likeness (QED) is 0.871. The number of aromatic nitrogens is 2. The van der Waals surface area contributed by atoms with Crippen molar-refractivity contribution in [3.05, 3.63) is 29.3 Å². The van der Waals surface area contributed by atoms with E-state index >= 15 is 0 Å². The highest BCUT2D eigenvalue weighted by atomic mass is 35.5. The zero-order chi connectivity index (χ0) is 13.1. The Morgan fingerprint density at radius 1 is 1.50 bits per heavy atom. The van der Waals surface area contributed by atoms with Crippen molar-refractivity contribution in [2.75, 3.05) is 0 Å². The predicted molar refractivity (Wildman–Crippen MR) is 69.3 cm³/mol. The standard InChI is InChI=1S/C11H10ClN3O2S/c1-6(9(13)16)18-11-15-14-10(17-11)7-3-2-4-8(12)5-7/h2-6H,1H3,(H2,13,16)/t6-/m1/s1. The van der Waals surface area contributed by atoms with E-state index in [9.17, 15) is 4.79 Å². The van der Waals surface area contributed by atoms with Crippen LogP contribution in [0.1, 0.15) is 6.92 Å². The van der Waals surface area contributed by atoms with Crippen LogP contribution in [-0.2, 0) is 4.79 Å². The molecular weight excluding hydrogens is 274 g/mol. The van der Waals surface area contributed by atoms with Gasteiger partial charge in [-0.1, -0.05) is 29.4 Å². The highest BCUT2D eigenvalue weighted by Crippen LogP contribution is 2.27. The maximum atomic E-state index is 10.9. The lowest BCUT2D eigenvalue weighted by Gasteiger charge is -2.01. The van der Waals surface area contributed by atoms with E-state index in [0.717, 1.165) is 17.3 Å². The number of amides is 1. The molecule has 0 radical (unpaired) electrons. The molecule has 2 rings (SSSR count). The number of carbonyl (C=O) groups is 1. The van der Waals surface area contributed by atoms with Crippen LogP contribution in [0, 0.1) is 0 Å². The van der Waals surface area contributed by atoms with Gasteiger partial charge in [-0.2, -0.15) is 0 Å². The lowest BCUT2D eigenvalue weighted by atomic mass is 10.2. The van der Waals surface area contributed by atoms with E-state index < -0.39 is 11.2 Å². The van der Waals surface area contributed by atoms with Gasteiger partial charge in [0.1, 0.15) is 0 Å². The van der Waals surface area contributed by atoms with Crippen molar-refractivity contribution in [3.63, 3.8) is 0 Å². The maximum absolute atomic E-state index is 10.9. The Kier molecular flexibility index (Phi) is 3.88. The fourth-order valence-electron chi connectivity index (χ4n) is 1.20. The molecule has 0 saturated carbocycles. The SMILES string of the molecule is C[C@@H](Sc1nnc(-c2cccc(Cl)c2)o1)C(N)=O. The van der Waals surface area contributed by atoms with Crippen LogP contribution >= 0.6 is 23.4 Å². The monoisotopic (exact) mass is 283 g/mol. The molecule has 1 aromatic heterocycles. The zero-order valence-corrected chi connectivity index (χ0v) is 11.0. The Labute approximate surface area is 113 Å². The molecule has 0 unspecified atom stereocenters. The van der Waals surface area contributed by atoms with Crippen LogP contribution in [0.4, 0.5) is 0 Å². The van der Waals surface area contributed by atoms with Crippen LogP contribution in [0.3, 0.4) is 0 Å². The number of hydrogen-bond acceptors (Lipinski definition) is 5. The minimum Gasteiger partial charge on any atom is -0.411 e. The number of rotatable bonds is 4. The van der Waals surface area contributed by atoms with Gasteiger partial charge < -0.3 is 10.2 Å². The van der Waals surface area contributed by atoms with Crippen LogP contribution < -0.4 is 5.73 Å². The summed E-state index contributed by atoms with van der Waals surface area (Å²) >= 11 is 6.99. The van der Waals surface area contributed by atoms with Gasteiger partial charge in [-0.3, -0.25) is 4.79 Å². The first-order chi connectivity index (χ1) is 8.56. The van der Waals surface area contributed by atoms with E-state index in [4.69, 9.17) is 21.8 Å². The first-order valence-corrected chi connectivity index (χ1v) is 6.37. The highest BCUT2D eigenvalue weighted by Gasteiger charge is 2.16. The van der Waals surface area contributed by atoms with Crippen molar-refractivity contribution in [1.82, 2.24) is 10.2 Å². The molecule has 1 aromatic carbocycles. The molecule has 2 N–H and O–H groups in total. The molecule has 0 fully saturated rings. The van der Waals surface area contributed by atoms with Gasteiger partial charge >= 0.3 is 0 Å². The van der Waals surface area contributed by atoms with Gasteiger partial charge in [-0.25, -0.2) is 0 Å². The van der Waals surface area contributed by atoms with Crippen molar-refractivity contribution in [2.24, 2.45) is 5.73 Å². The van der Waals surface area contributed by atoms with Crippen LogP contribution in [0.5, 0.6) is 0 Å². The first kappa shape index (κ1) is 12.9. The van der Waals surface area contributed by atoms with E-state index in [2.05, 4.69) is 10.2 Å². The summed E-state index contributed by atoms with van der Waals surface area (Å²) in [6, 6.07) is 7.08. The molecule has 5 nitrogen and oxygen atoms in total. The number of nitrogens with two attached hydrogens (primary N) is 1. The Bertz CT molecular complexity index is 573. The molecule has 2 aromatic rings. The lowest BCUT2D eigenvalue weighted by Crippen LogP contribution is -2.22. The Balaban J connectivity index is 2.18. The van der Waals surface area contributed by atoms with Gasteiger partial charge in [0.25, 0.3) is 5.22 Å². The van der Waals surface area contributed by atoms with Crippen LogP contribution in [0.25, 0.3) is 11.5 Å². The van der Waals surface area contributed by atoms with E-state index in [0.29, 0.717) is 16.1 Å². The predicted octanol–water partition coefficient (Wildman–Crippen LogP) is 2.36. The fourth-order valence-corrected chi connectivity index (χ4v) is 2.03. The van der Waals surface area contributed by atoms with E-state index in [1.807, 2.05) is 6.07 Å². The molecule has 0 spiro atoms. The van der Waals surface area contributed by atoms with Crippen molar-refractivity contribution in [3.8, 4) is 11.5 Å². The Morgan fingerprint density at radius 2 is 2.28 bits per heavy atom. The first-order valence-electron chi connectivity index (χ1n) is 5.11. The van der Waals surface area contributed by atoms with Crippen molar-refractivity contribution in [1.29, 1.82) is 0 Å². The minimum absolute atomic E-state index is 0.302. The minimum atomic E-state index is -0.428. The van der Waals surface area contributed by atoms with E-state index in [1.165, 1.54) is 0 Å². The van der Waals surface area contributed by atoms with E-state index in [-0.39, 0.29) is 0 Å².